The number of alkyl halides is 3. The predicted octanol–water partition coefficient (Wildman–Crippen LogP) is 7.25. The molecule has 38 heavy (non-hydrogen) atoms. The lowest BCUT2D eigenvalue weighted by molar-refractivity contribution is -0.192. The van der Waals surface area contributed by atoms with Gasteiger partial charge in [0, 0.05) is 23.4 Å². The predicted molar refractivity (Wildman–Crippen MR) is 140 cm³/mol. The van der Waals surface area contributed by atoms with Crippen LogP contribution in [0.5, 0.6) is 0 Å². The number of hydrogen-bond donors (Lipinski definition) is 2. The number of carbonyl (C=O) groups excluding carboxylic acids is 1. The Morgan fingerprint density at radius 3 is 2.21 bits per heavy atom. The Bertz CT molecular complexity index is 1420. The minimum atomic E-state index is -5.08. The number of Topliss-reactive ketones (excluding diaryl/α,β-unsaturated/α-hetero) is 1. The highest BCUT2D eigenvalue weighted by atomic mass is 19.4. The number of carboxylic acid groups (broad SMARTS) is 1. The number of hydrogen-bond acceptors (Lipinski definition) is 4. The van der Waals surface area contributed by atoms with Crippen LogP contribution in [0, 0.1) is 0 Å². The summed E-state index contributed by atoms with van der Waals surface area (Å²) < 4.78 is 33.9. The van der Waals surface area contributed by atoms with Gasteiger partial charge in [0.05, 0.1) is 0 Å². The van der Waals surface area contributed by atoms with Gasteiger partial charge in [0.15, 0.2) is 5.78 Å². The maximum absolute atomic E-state index is 11.6. The van der Waals surface area contributed by atoms with E-state index in [1.54, 1.807) is 6.92 Å². The average molecular weight is 524 g/mol. The van der Waals surface area contributed by atoms with Crippen LogP contribution in [0.15, 0.2) is 72.9 Å². The molecule has 0 bridgehead atoms. The fourth-order valence-electron chi connectivity index (χ4n) is 4.52. The first-order valence-corrected chi connectivity index (χ1v) is 12.4. The van der Waals surface area contributed by atoms with Crippen molar-refractivity contribution in [1.82, 2.24) is 9.38 Å². The molecule has 6 nitrogen and oxygen atoms in total. The SMILES string of the molecule is CC(=O)c1ccc(-c2cccc(-c3nc4ccccn4c3NC3CCCCC3)c2)cc1.O=C(O)C(F)(F)F. The zero-order chi connectivity index (χ0) is 27.3. The standard InChI is InChI=1S/C27H27N3O.C2HF3O2/c1-19(31)20-13-15-21(16-14-20)22-8-7-9-23(18-22)26-27(28-24-10-3-2-4-11-24)30-17-6-5-12-25(30)29-26;3-2(4,5)1(6)7/h5-9,12-18,24,28H,2-4,10-11H2,1H3;(H,6,7). The number of carboxylic acids is 1. The topological polar surface area (TPSA) is 83.7 Å². The van der Waals surface area contributed by atoms with Crippen molar-refractivity contribution in [2.24, 2.45) is 0 Å². The first kappa shape index (κ1) is 26.9. The minimum absolute atomic E-state index is 0.0865. The summed E-state index contributed by atoms with van der Waals surface area (Å²) in [6, 6.07) is 23.0. The molecule has 198 valence electrons. The van der Waals surface area contributed by atoms with Gasteiger partial charge in [0.25, 0.3) is 0 Å². The normalized spacial score (nSPS) is 14.0. The fraction of sp³-hybridized carbons (Fsp3) is 0.276. The Hall–Kier alpha value is -4.14. The molecule has 1 aliphatic carbocycles. The van der Waals surface area contributed by atoms with Crippen molar-refractivity contribution < 1.29 is 27.9 Å². The Kier molecular flexibility index (Phi) is 8.14. The molecular formula is C29H28F3N3O3. The molecule has 0 atom stereocenters. The van der Waals surface area contributed by atoms with Gasteiger partial charge >= 0.3 is 12.1 Å². The van der Waals surface area contributed by atoms with Crippen molar-refractivity contribution in [2.75, 3.05) is 5.32 Å². The molecule has 9 heteroatoms. The lowest BCUT2D eigenvalue weighted by Gasteiger charge is -2.24. The number of imidazole rings is 1. The summed E-state index contributed by atoms with van der Waals surface area (Å²) in [5, 5.41) is 10.9. The molecule has 0 saturated heterocycles. The third-order valence-corrected chi connectivity index (χ3v) is 6.48. The molecule has 0 amide bonds. The zero-order valence-corrected chi connectivity index (χ0v) is 20.8. The molecule has 0 spiro atoms. The highest BCUT2D eigenvalue weighted by Crippen LogP contribution is 2.33. The van der Waals surface area contributed by atoms with Crippen LogP contribution >= 0.6 is 0 Å². The van der Waals surface area contributed by atoms with Crippen molar-refractivity contribution >= 4 is 23.2 Å². The van der Waals surface area contributed by atoms with Crippen LogP contribution in [-0.4, -0.2) is 38.5 Å². The van der Waals surface area contributed by atoms with E-state index in [1.165, 1.54) is 32.1 Å². The van der Waals surface area contributed by atoms with Crippen LogP contribution in [0.25, 0.3) is 28.0 Å². The highest BCUT2D eigenvalue weighted by molar-refractivity contribution is 5.94. The highest BCUT2D eigenvalue weighted by Gasteiger charge is 2.38. The van der Waals surface area contributed by atoms with Crippen LogP contribution in [-0.2, 0) is 4.79 Å². The second-order valence-electron chi connectivity index (χ2n) is 9.23. The van der Waals surface area contributed by atoms with Crippen LogP contribution < -0.4 is 5.32 Å². The van der Waals surface area contributed by atoms with Crippen LogP contribution in [0.2, 0.25) is 0 Å². The Morgan fingerprint density at radius 2 is 1.58 bits per heavy atom. The lowest BCUT2D eigenvalue weighted by Crippen LogP contribution is -2.23. The van der Waals surface area contributed by atoms with Crippen LogP contribution in [0.1, 0.15) is 49.4 Å². The number of pyridine rings is 1. The molecule has 2 aromatic heterocycles. The van der Waals surface area contributed by atoms with Crippen molar-refractivity contribution in [1.29, 1.82) is 0 Å². The average Bonchev–Trinajstić information content (AvgIpc) is 3.27. The molecule has 2 aromatic carbocycles. The molecule has 1 aliphatic rings. The molecule has 1 fully saturated rings. The molecule has 0 unspecified atom stereocenters. The third kappa shape index (κ3) is 6.40. The molecule has 4 aromatic rings. The van der Waals surface area contributed by atoms with E-state index < -0.39 is 12.1 Å². The quantitative estimate of drug-likeness (QED) is 0.269. The number of nitrogens with one attached hydrogen (secondary N) is 1. The number of aromatic nitrogens is 2. The van der Waals surface area contributed by atoms with Crippen molar-refractivity contribution in [2.45, 2.75) is 51.2 Å². The molecule has 5 rings (SSSR count). The summed E-state index contributed by atoms with van der Waals surface area (Å²) in [4.78, 5) is 25.5. The van der Waals surface area contributed by atoms with Crippen molar-refractivity contribution in [3.05, 3.63) is 78.5 Å². The summed E-state index contributed by atoms with van der Waals surface area (Å²) in [6.45, 7) is 1.60. The minimum Gasteiger partial charge on any atom is -0.475 e. The zero-order valence-electron chi connectivity index (χ0n) is 20.8. The summed E-state index contributed by atoms with van der Waals surface area (Å²) in [6.07, 6.45) is 3.33. The number of carbonyl (C=O) groups is 2. The van der Waals surface area contributed by atoms with Crippen LogP contribution in [0.4, 0.5) is 19.0 Å². The first-order chi connectivity index (χ1) is 18.1. The van der Waals surface area contributed by atoms with E-state index >= 15 is 0 Å². The van der Waals surface area contributed by atoms with Gasteiger partial charge in [-0.15, -0.1) is 0 Å². The van der Waals surface area contributed by atoms with Gasteiger partial charge in [-0.3, -0.25) is 9.20 Å². The fourth-order valence-corrected chi connectivity index (χ4v) is 4.52. The van der Waals surface area contributed by atoms with E-state index in [4.69, 9.17) is 14.9 Å². The van der Waals surface area contributed by atoms with Gasteiger partial charge in [0.1, 0.15) is 17.2 Å². The largest absolute Gasteiger partial charge is 0.490 e. The van der Waals surface area contributed by atoms with E-state index in [-0.39, 0.29) is 5.78 Å². The van der Waals surface area contributed by atoms with Gasteiger partial charge in [-0.2, -0.15) is 13.2 Å². The number of nitrogens with zero attached hydrogens (tertiary/aromatic N) is 2. The number of ketones is 1. The summed E-state index contributed by atoms with van der Waals surface area (Å²) >= 11 is 0. The van der Waals surface area contributed by atoms with E-state index in [2.05, 4.69) is 52.3 Å². The molecular weight excluding hydrogens is 495 g/mol. The van der Waals surface area contributed by atoms with Gasteiger partial charge in [0.2, 0.25) is 0 Å². The molecule has 0 aliphatic heterocycles. The Morgan fingerprint density at radius 1 is 0.921 bits per heavy atom. The monoisotopic (exact) mass is 523 g/mol. The number of benzene rings is 2. The van der Waals surface area contributed by atoms with Crippen molar-refractivity contribution in [3.63, 3.8) is 0 Å². The summed E-state index contributed by atoms with van der Waals surface area (Å²) in [5.41, 5.74) is 5.98. The smallest absolute Gasteiger partial charge is 0.475 e. The first-order valence-electron chi connectivity index (χ1n) is 12.4. The Labute approximate surface area is 218 Å². The molecule has 1 saturated carbocycles. The van der Waals surface area contributed by atoms with E-state index in [0.29, 0.717) is 6.04 Å². The summed E-state index contributed by atoms with van der Waals surface area (Å²) in [5.74, 6) is -1.59. The number of anilines is 1. The van der Waals surface area contributed by atoms with E-state index in [1.807, 2.05) is 30.3 Å². The number of aliphatic carboxylic acids is 1. The van der Waals surface area contributed by atoms with Gasteiger partial charge < -0.3 is 10.4 Å². The van der Waals surface area contributed by atoms with E-state index in [9.17, 15) is 18.0 Å². The van der Waals surface area contributed by atoms with Crippen LogP contribution in [0.3, 0.4) is 0 Å². The molecule has 2 heterocycles. The van der Waals surface area contributed by atoms with Gasteiger partial charge in [-0.1, -0.05) is 67.8 Å². The third-order valence-electron chi connectivity index (χ3n) is 6.48. The number of rotatable bonds is 5. The maximum atomic E-state index is 11.6. The molecule has 0 radical (unpaired) electrons. The lowest BCUT2D eigenvalue weighted by atomic mass is 9.95. The van der Waals surface area contributed by atoms with Gasteiger partial charge in [-0.25, -0.2) is 9.78 Å². The van der Waals surface area contributed by atoms with Crippen molar-refractivity contribution in [3.8, 4) is 22.4 Å². The molecule has 2 N–H and O–H groups in total. The second kappa shape index (κ2) is 11.5. The van der Waals surface area contributed by atoms with Gasteiger partial charge in [-0.05, 0) is 49.1 Å². The number of fused-ring (bicyclic) bond motifs is 1. The second-order valence-corrected chi connectivity index (χ2v) is 9.23. The summed E-state index contributed by atoms with van der Waals surface area (Å²) in [7, 11) is 0. The Balaban J connectivity index is 0.000000426. The number of halogens is 3. The maximum Gasteiger partial charge on any atom is 0.490 e. The van der Waals surface area contributed by atoms with E-state index in [0.717, 1.165) is 39.4 Å².